The number of rotatable bonds is 8. The summed E-state index contributed by atoms with van der Waals surface area (Å²) in [5, 5.41) is 10.1. The molecular formula is C40H32N2. The average Bonchev–Trinajstić information content (AvgIpc) is 3.06. The van der Waals surface area contributed by atoms with Crippen LogP contribution < -0.4 is 15.4 Å². The lowest BCUT2D eigenvalue weighted by Gasteiger charge is -2.31. The van der Waals surface area contributed by atoms with E-state index in [4.69, 9.17) is 0 Å². The van der Waals surface area contributed by atoms with Gasteiger partial charge in [0.25, 0.3) is 0 Å². The summed E-state index contributed by atoms with van der Waals surface area (Å²) in [6.45, 7) is 0. The van der Waals surface area contributed by atoms with E-state index in [2.05, 4.69) is 150 Å². The van der Waals surface area contributed by atoms with Crippen LogP contribution in [0.5, 0.6) is 0 Å². The smallest absolute Gasteiger partial charge is 0.0460 e. The topological polar surface area (TPSA) is 15.3 Å². The molecule has 6 aromatic rings. The number of para-hydroxylation sites is 2. The number of hydrogen-bond acceptors (Lipinski definition) is 2. The number of aryl methyl sites for hydroxylation is 1. The minimum Gasteiger partial charge on any atom is -0.361 e. The Bertz CT molecular complexity index is 1950. The summed E-state index contributed by atoms with van der Waals surface area (Å²) < 4.78 is 0. The maximum absolute atomic E-state index is 3.55. The van der Waals surface area contributed by atoms with Crippen molar-refractivity contribution in [3.05, 3.63) is 174 Å². The maximum Gasteiger partial charge on any atom is 0.0460 e. The van der Waals surface area contributed by atoms with Crippen molar-refractivity contribution in [2.24, 2.45) is 0 Å². The van der Waals surface area contributed by atoms with E-state index in [1.807, 2.05) is 24.4 Å². The van der Waals surface area contributed by atoms with Crippen LogP contribution in [-0.2, 0) is 6.42 Å². The third kappa shape index (κ3) is 5.00. The van der Waals surface area contributed by atoms with Crippen molar-refractivity contribution >= 4 is 50.4 Å². The second kappa shape index (κ2) is 11.6. The Hall–Kier alpha value is -5.34. The van der Waals surface area contributed by atoms with Gasteiger partial charge in [-0.1, -0.05) is 121 Å². The molecule has 1 N–H and O–H groups in total. The van der Waals surface area contributed by atoms with Crippen LogP contribution in [0.2, 0.25) is 0 Å². The lowest BCUT2D eigenvalue weighted by molar-refractivity contribution is 0.973. The van der Waals surface area contributed by atoms with E-state index in [9.17, 15) is 0 Å². The highest BCUT2D eigenvalue weighted by Crippen LogP contribution is 2.38. The second-order valence-electron chi connectivity index (χ2n) is 10.6. The third-order valence-electron chi connectivity index (χ3n) is 8.00. The highest BCUT2D eigenvalue weighted by atomic mass is 15.1. The van der Waals surface area contributed by atoms with Gasteiger partial charge in [-0.15, -0.1) is 0 Å². The third-order valence-corrected chi connectivity index (χ3v) is 8.00. The van der Waals surface area contributed by atoms with Crippen molar-refractivity contribution in [1.82, 2.24) is 0 Å². The SMILES string of the molecule is C(/C=C\c1ccccc1)=C/C=C/Nc1ccc2ccc3c4c(ccc1c24)CCC=3N(c1ccccc1)c1ccccc1. The van der Waals surface area contributed by atoms with Gasteiger partial charge in [-0.3, -0.25) is 0 Å². The first-order chi connectivity index (χ1) is 20.9. The van der Waals surface area contributed by atoms with Crippen LogP contribution in [0.4, 0.5) is 17.1 Å². The summed E-state index contributed by atoms with van der Waals surface area (Å²) in [4.78, 5) is 2.44. The van der Waals surface area contributed by atoms with E-state index in [0.29, 0.717) is 0 Å². The van der Waals surface area contributed by atoms with Gasteiger partial charge in [-0.05, 0) is 76.5 Å². The predicted molar refractivity (Wildman–Crippen MR) is 181 cm³/mol. The first-order valence-electron chi connectivity index (χ1n) is 14.6. The molecule has 0 aromatic heterocycles. The monoisotopic (exact) mass is 540 g/mol. The Balaban J connectivity index is 1.28. The zero-order valence-electron chi connectivity index (χ0n) is 23.4. The summed E-state index contributed by atoms with van der Waals surface area (Å²) in [7, 11) is 0. The van der Waals surface area contributed by atoms with E-state index in [1.54, 1.807) is 0 Å². The van der Waals surface area contributed by atoms with E-state index in [-0.39, 0.29) is 0 Å². The molecule has 202 valence electrons. The average molecular weight is 541 g/mol. The van der Waals surface area contributed by atoms with Crippen LogP contribution in [0.25, 0.3) is 33.3 Å². The molecule has 0 atom stereocenters. The standard InChI is InChI=1S/C40H32N2/c1(6-14-30-15-7-3-8-16-30)2-13-29-41-37-27-23-31-22-26-36-38(28-24-32-21-25-35(37)39(31)40(32)36)42(33-17-9-4-10-18-33)34-19-11-5-12-20-34/h1-23,25-27,29,41H,24,28H2/b2-1-,14-6-,29-13+. The molecule has 2 nitrogen and oxygen atoms in total. The van der Waals surface area contributed by atoms with Crippen LogP contribution in [0.3, 0.4) is 0 Å². The van der Waals surface area contributed by atoms with Gasteiger partial charge in [0.2, 0.25) is 0 Å². The molecule has 2 heteroatoms. The number of nitrogens with one attached hydrogen (secondary N) is 1. The van der Waals surface area contributed by atoms with Crippen molar-refractivity contribution in [2.75, 3.05) is 10.2 Å². The predicted octanol–water partition coefficient (Wildman–Crippen LogP) is 9.80. The molecule has 0 aliphatic heterocycles. The zero-order chi connectivity index (χ0) is 28.1. The van der Waals surface area contributed by atoms with Gasteiger partial charge in [0.15, 0.2) is 0 Å². The molecule has 0 unspecified atom stereocenters. The summed E-state index contributed by atoms with van der Waals surface area (Å²) in [5.41, 5.74) is 7.46. The summed E-state index contributed by atoms with van der Waals surface area (Å²) in [5.74, 6) is 0. The number of allylic oxidation sites excluding steroid dienone is 4. The van der Waals surface area contributed by atoms with Crippen molar-refractivity contribution in [2.45, 2.75) is 12.8 Å². The molecule has 0 bridgehead atoms. The van der Waals surface area contributed by atoms with Crippen LogP contribution in [0.15, 0.2) is 158 Å². The summed E-state index contributed by atoms with van der Waals surface area (Å²) >= 11 is 0. The van der Waals surface area contributed by atoms with Crippen molar-refractivity contribution in [1.29, 1.82) is 0 Å². The molecule has 1 aliphatic carbocycles. The van der Waals surface area contributed by atoms with Crippen molar-refractivity contribution < 1.29 is 0 Å². The number of anilines is 3. The van der Waals surface area contributed by atoms with Gasteiger partial charge < -0.3 is 10.2 Å². The van der Waals surface area contributed by atoms with Crippen LogP contribution in [0.1, 0.15) is 17.5 Å². The Morgan fingerprint density at radius 2 is 1.21 bits per heavy atom. The molecule has 0 radical (unpaired) electrons. The van der Waals surface area contributed by atoms with E-state index >= 15 is 0 Å². The molecular weight excluding hydrogens is 508 g/mol. The largest absolute Gasteiger partial charge is 0.361 e. The quantitative estimate of drug-likeness (QED) is 0.193. The van der Waals surface area contributed by atoms with Crippen LogP contribution in [0, 0.1) is 0 Å². The maximum atomic E-state index is 3.55. The van der Waals surface area contributed by atoms with Gasteiger partial charge in [0.05, 0.1) is 0 Å². The molecule has 0 saturated heterocycles. The summed E-state index contributed by atoms with van der Waals surface area (Å²) in [6.07, 6.45) is 14.3. The van der Waals surface area contributed by atoms with Gasteiger partial charge in [0.1, 0.15) is 0 Å². The highest BCUT2D eigenvalue weighted by Gasteiger charge is 2.22. The van der Waals surface area contributed by atoms with E-state index in [0.717, 1.165) is 18.5 Å². The molecule has 0 fully saturated rings. The molecule has 6 aromatic carbocycles. The lowest BCUT2D eigenvalue weighted by Crippen LogP contribution is -2.26. The number of benzene rings is 6. The zero-order valence-corrected chi connectivity index (χ0v) is 23.4. The molecule has 7 rings (SSSR count). The minimum atomic E-state index is 0.989. The highest BCUT2D eigenvalue weighted by molar-refractivity contribution is 6.16. The van der Waals surface area contributed by atoms with Gasteiger partial charge in [-0.25, -0.2) is 0 Å². The van der Waals surface area contributed by atoms with Crippen molar-refractivity contribution in [3.63, 3.8) is 0 Å². The molecule has 42 heavy (non-hydrogen) atoms. The molecule has 0 amide bonds. The lowest BCUT2D eigenvalue weighted by atomic mass is 9.87. The normalized spacial score (nSPS) is 13.2. The Morgan fingerprint density at radius 3 is 1.95 bits per heavy atom. The molecule has 0 saturated carbocycles. The molecule has 1 aliphatic rings. The fourth-order valence-electron chi connectivity index (χ4n) is 6.08. The first-order valence-corrected chi connectivity index (χ1v) is 14.6. The van der Waals surface area contributed by atoms with Crippen LogP contribution >= 0.6 is 0 Å². The number of hydrogen-bond donors (Lipinski definition) is 1. The molecule has 0 heterocycles. The Kier molecular flexibility index (Phi) is 7.10. The number of nitrogens with zero attached hydrogens (tertiary/aromatic N) is 1. The fraction of sp³-hybridized carbons (Fsp3) is 0.0500. The van der Waals surface area contributed by atoms with E-state index < -0.39 is 0 Å². The first kappa shape index (κ1) is 25.6. The van der Waals surface area contributed by atoms with Gasteiger partial charge in [0, 0.05) is 39.6 Å². The summed E-state index contributed by atoms with van der Waals surface area (Å²) in [6, 6.07) is 45.5. The second-order valence-corrected chi connectivity index (χ2v) is 10.6. The van der Waals surface area contributed by atoms with Gasteiger partial charge >= 0.3 is 0 Å². The van der Waals surface area contributed by atoms with E-state index in [1.165, 1.54) is 55.0 Å². The fourth-order valence-corrected chi connectivity index (χ4v) is 6.08. The van der Waals surface area contributed by atoms with Crippen LogP contribution in [-0.4, -0.2) is 0 Å². The minimum absolute atomic E-state index is 0.989. The van der Waals surface area contributed by atoms with Gasteiger partial charge in [-0.2, -0.15) is 0 Å². The van der Waals surface area contributed by atoms with Crippen molar-refractivity contribution in [3.8, 4) is 0 Å². The molecule has 0 spiro atoms. The Morgan fingerprint density at radius 1 is 0.548 bits per heavy atom. The Labute approximate surface area is 247 Å².